The first-order valence-corrected chi connectivity index (χ1v) is 8.95. The second kappa shape index (κ2) is 8.28. The summed E-state index contributed by atoms with van der Waals surface area (Å²) in [6, 6.07) is 18.0. The van der Waals surface area contributed by atoms with Crippen molar-refractivity contribution < 1.29 is 14.6 Å². The van der Waals surface area contributed by atoms with Gasteiger partial charge < -0.3 is 14.7 Å². The van der Waals surface area contributed by atoms with Gasteiger partial charge in [-0.3, -0.25) is 4.79 Å². The van der Waals surface area contributed by atoms with Crippen molar-refractivity contribution in [1.82, 2.24) is 4.90 Å². The fourth-order valence-electron chi connectivity index (χ4n) is 3.50. The van der Waals surface area contributed by atoms with Crippen LogP contribution in [-0.4, -0.2) is 41.9 Å². The van der Waals surface area contributed by atoms with Crippen molar-refractivity contribution in [2.75, 3.05) is 19.8 Å². The van der Waals surface area contributed by atoms with E-state index in [9.17, 15) is 4.79 Å². The summed E-state index contributed by atoms with van der Waals surface area (Å²) >= 11 is 0. The molecular weight excluding hydrogens is 314 g/mol. The van der Waals surface area contributed by atoms with Gasteiger partial charge in [0.25, 0.3) is 5.91 Å². The number of benzene rings is 2. The molecule has 0 bridgehead atoms. The van der Waals surface area contributed by atoms with Crippen molar-refractivity contribution in [3.8, 4) is 0 Å². The maximum Gasteiger partial charge on any atom is 0.256 e. The lowest BCUT2D eigenvalue weighted by Crippen LogP contribution is -2.50. The number of nitrogens with zero attached hydrogens (tertiary/aromatic N) is 1. The van der Waals surface area contributed by atoms with Crippen molar-refractivity contribution in [3.05, 3.63) is 71.3 Å². The molecule has 25 heavy (non-hydrogen) atoms. The Labute approximate surface area is 149 Å². The fraction of sp³-hybridized carbons (Fsp3) is 0.381. The molecule has 0 aromatic heterocycles. The molecule has 0 saturated heterocycles. The van der Waals surface area contributed by atoms with E-state index in [1.54, 1.807) is 0 Å². The molecule has 0 saturated carbocycles. The molecule has 2 aromatic rings. The molecule has 2 aromatic carbocycles. The third-order valence-corrected chi connectivity index (χ3v) is 4.59. The number of carbonyl (C=O) groups excluding carboxylic acids is 1. The van der Waals surface area contributed by atoms with Gasteiger partial charge in [-0.05, 0) is 30.0 Å². The molecule has 4 nitrogen and oxygen atoms in total. The van der Waals surface area contributed by atoms with Gasteiger partial charge in [0.1, 0.15) is 6.23 Å². The third-order valence-electron chi connectivity index (χ3n) is 4.59. The Morgan fingerprint density at radius 2 is 1.80 bits per heavy atom. The van der Waals surface area contributed by atoms with Crippen LogP contribution in [0, 0.1) is 0 Å². The standard InChI is InChI=1S/C21H25NO3/c1-2-13-22-20(24)18-12-7-6-11-17(18)19(16-9-4-3-5-10-16)21(22)25-15-8-14-23/h3-7,9-12,19,21,23H,2,8,13-15H2,1H3/t19-,21?/m0/s1. The lowest BCUT2D eigenvalue weighted by atomic mass is 9.82. The van der Waals surface area contributed by atoms with Crippen LogP contribution in [0.25, 0.3) is 0 Å². The Bertz CT molecular complexity index is 701. The molecule has 1 aliphatic heterocycles. The Morgan fingerprint density at radius 3 is 2.52 bits per heavy atom. The second-order valence-corrected chi connectivity index (χ2v) is 6.31. The van der Waals surface area contributed by atoms with Crippen LogP contribution in [0.1, 0.15) is 47.2 Å². The Morgan fingerprint density at radius 1 is 1.08 bits per heavy atom. The molecule has 0 aliphatic carbocycles. The number of amides is 1. The Kier molecular flexibility index (Phi) is 5.84. The van der Waals surface area contributed by atoms with Gasteiger partial charge in [-0.25, -0.2) is 0 Å². The number of aliphatic hydroxyl groups is 1. The first kappa shape index (κ1) is 17.6. The number of ether oxygens (including phenoxy) is 1. The highest BCUT2D eigenvalue weighted by atomic mass is 16.5. The van der Waals surface area contributed by atoms with Crippen LogP contribution in [0.3, 0.4) is 0 Å². The average molecular weight is 339 g/mol. The molecule has 3 rings (SSSR count). The third kappa shape index (κ3) is 3.60. The van der Waals surface area contributed by atoms with Crippen molar-refractivity contribution in [1.29, 1.82) is 0 Å². The maximum atomic E-state index is 13.0. The molecule has 0 fully saturated rings. The molecule has 1 heterocycles. The van der Waals surface area contributed by atoms with Crippen LogP contribution in [-0.2, 0) is 4.74 Å². The highest BCUT2D eigenvalue weighted by Gasteiger charge is 2.40. The molecule has 0 radical (unpaired) electrons. The predicted molar refractivity (Wildman–Crippen MR) is 97.5 cm³/mol. The van der Waals surface area contributed by atoms with Gasteiger partial charge in [-0.2, -0.15) is 0 Å². The van der Waals surface area contributed by atoms with Crippen molar-refractivity contribution in [3.63, 3.8) is 0 Å². The first-order valence-electron chi connectivity index (χ1n) is 8.95. The van der Waals surface area contributed by atoms with Gasteiger partial charge in [-0.1, -0.05) is 55.5 Å². The number of hydrogen-bond donors (Lipinski definition) is 1. The summed E-state index contributed by atoms with van der Waals surface area (Å²) in [7, 11) is 0. The van der Waals surface area contributed by atoms with Crippen LogP contribution in [0.5, 0.6) is 0 Å². The molecule has 4 heteroatoms. The first-order chi connectivity index (χ1) is 12.3. The van der Waals surface area contributed by atoms with Crippen molar-refractivity contribution in [2.24, 2.45) is 0 Å². The van der Waals surface area contributed by atoms with Crippen LogP contribution in [0.2, 0.25) is 0 Å². The normalized spacial score (nSPS) is 19.8. The maximum absolute atomic E-state index is 13.0. The molecular formula is C21H25NO3. The monoisotopic (exact) mass is 339 g/mol. The highest BCUT2D eigenvalue weighted by molar-refractivity contribution is 5.97. The number of aliphatic hydroxyl groups excluding tert-OH is 1. The van der Waals surface area contributed by atoms with E-state index < -0.39 is 0 Å². The van der Waals surface area contributed by atoms with Crippen molar-refractivity contribution >= 4 is 5.91 Å². The SMILES string of the molecule is CCCN1C(=O)c2ccccc2[C@H](c2ccccc2)C1OCCCO. The number of hydrogen-bond acceptors (Lipinski definition) is 3. The summed E-state index contributed by atoms with van der Waals surface area (Å²) in [5.41, 5.74) is 2.91. The zero-order valence-corrected chi connectivity index (χ0v) is 14.6. The minimum absolute atomic E-state index is 0.0265. The molecule has 0 spiro atoms. The van der Waals surface area contributed by atoms with E-state index in [1.165, 1.54) is 0 Å². The average Bonchev–Trinajstić information content (AvgIpc) is 2.66. The van der Waals surface area contributed by atoms with Gasteiger partial charge in [0.2, 0.25) is 0 Å². The van der Waals surface area contributed by atoms with Gasteiger partial charge in [0, 0.05) is 18.7 Å². The van der Waals surface area contributed by atoms with Crippen LogP contribution >= 0.6 is 0 Å². The lowest BCUT2D eigenvalue weighted by molar-refractivity contribution is -0.0615. The molecule has 1 aliphatic rings. The van der Waals surface area contributed by atoms with Gasteiger partial charge >= 0.3 is 0 Å². The highest BCUT2D eigenvalue weighted by Crippen LogP contribution is 2.38. The summed E-state index contributed by atoms with van der Waals surface area (Å²) in [5, 5.41) is 9.10. The smallest absolute Gasteiger partial charge is 0.256 e. The van der Waals surface area contributed by atoms with E-state index in [0.29, 0.717) is 19.6 Å². The topological polar surface area (TPSA) is 49.8 Å². The minimum Gasteiger partial charge on any atom is -0.396 e. The Balaban J connectivity index is 2.07. The number of carbonyl (C=O) groups is 1. The molecule has 1 N–H and O–H groups in total. The Hall–Kier alpha value is -2.17. The van der Waals surface area contributed by atoms with Crippen LogP contribution in [0.15, 0.2) is 54.6 Å². The molecule has 1 amide bonds. The van der Waals surface area contributed by atoms with Crippen LogP contribution in [0.4, 0.5) is 0 Å². The van der Waals surface area contributed by atoms with E-state index in [2.05, 4.69) is 19.1 Å². The van der Waals surface area contributed by atoms with Gasteiger partial charge in [-0.15, -0.1) is 0 Å². The zero-order chi connectivity index (χ0) is 17.6. The van der Waals surface area contributed by atoms with E-state index in [0.717, 1.165) is 23.1 Å². The van der Waals surface area contributed by atoms with E-state index in [1.807, 2.05) is 47.4 Å². The summed E-state index contributed by atoms with van der Waals surface area (Å²) < 4.78 is 6.13. The fourth-order valence-corrected chi connectivity index (χ4v) is 3.50. The molecule has 132 valence electrons. The summed E-state index contributed by atoms with van der Waals surface area (Å²) in [4.78, 5) is 14.9. The quantitative estimate of drug-likeness (QED) is 0.787. The molecule has 1 unspecified atom stereocenters. The van der Waals surface area contributed by atoms with Gasteiger partial charge in [0.15, 0.2) is 0 Å². The van der Waals surface area contributed by atoms with E-state index in [4.69, 9.17) is 9.84 Å². The summed E-state index contributed by atoms with van der Waals surface area (Å²) in [5.74, 6) is -0.000951. The van der Waals surface area contributed by atoms with E-state index in [-0.39, 0.29) is 24.7 Å². The number of rotatable bonds is 7. The largest absolute Gasteiger partial charge is 0.396 e. The number of fused-ring (bicyclic) bond motifs is 1. The summed E-state index contributed by atoms with van der Waals surface area (Å²) in [6.07, 6.45) is 1.08. The van der Waals surface area contributed by atoms with E-state index >= 15 is 0 Å². The predicted octanol–water partition coefficient (Wildman–Crippen LogP) is 3.41. The van der Waals surface area contributed by atoms with Crippen LogP contribution < -0.4 is 0 Å². The summed E-state index contributed by atoms with van der Waals surface area (Å²) in [6.45, 7) is 3.23. The zero-order valence-electron chi connectivity index (χ0n) is 14.6. The van der Waals surface area contributed by atoms with Crippen molar-refractivity contribution in [2.45, 2.75) is 31.9 Å². The second-order valence-electron chi connectivity index (χ2n) is 6.31. The lowest BCUT2D eigenvalue weighted by Gasteiger charge is -2.42. The minimum atomic E-state index is -0.351. The van der Waals surface area contributed by atoms with Gasteiger partial charge in [0.05, 0.1) is 12.5 Å². The molecule has 2 atom stereocenters.